The predicted molar refractivity (Wildman–Crippen MR) is 109 cm³/mol. The molecule has 0 unspecified atom stereocenters. The van der Waals surface area contributed by atoms with Gasteiger partial charge >= 0.3 is 0 Å². The predicted octanol–water partition coefficient (Wildman–Crippen LogP) is 5.09. The van der Waals surface area contributed by atoms with E-state index < -0.39 is 0 Å². The molecule has 1 saturated heterocycles. The number of hydrogen-bond donors (Lipinski definition) is 0. The Morgan fingerprint density at radius 1 is 1.19 bits per heavy atom. The van der Waals surface area contributed by atoms with E-state index in [-0.39, 0.29) is 17.8 Å². The summed E-state index contributed by atoms with van der Waals surface area (Å²) in [5, 5.41) is 5.55. The lowest BCUT2D eigenvalue weighted by Gasteiger charge is -2.38. The van der Waals surface area contributed by atoms with Gasteiger partial charge in [0.2, 0.25) is 0 Å². The van der Waals surface area contributed by atoms with Crippen LogP contribution in [0.5, 0.6) is 0 Å². The second-order valence-corrected chi connectivity index (χ2v) is 9.43. The van der Waals surface area contributed by atoms with Crippen LogP contribution in [-0.4, -0.2) is 34.1 Å². The zero-order chi connectivity index (χ0) is 18.4. The van der Waals surface area contributed by atoms with E-state index in [1.807, 2.05) is 16.7 Å². The minimum Gasteiger partial charge on any atom is -0.335 e. The summed E-state index contributed by atoms with van der Waals surface area (Å²) in [6, 6.07) is 4.85. The number of allylic oxidation sites excluding steroid dienone is 1. The largest absolute Gasteiger partial charge is 0.335 e. The zero-order valence-corrected chi connectivity index (χ0v) is 16.6. The number of nitrogens with zero attached hydrogens (tertiary/aromatic N) is 2. The molecule has 0 radical (unpaired) electrons. The van der Waals surface area contributed by atoms with Crippen molar-refractivity contribution in [3.05, 3.63) is 56.6 Å². The van der Waals surface area contributed by atoms with Crippen molar-refractivity contribution in [1.29, 1.82) is 0 Å². The first-order valence-electron chi connectivity index (χ1n) is 9.55. The Kier molecular flexibility index (Phi) is 4.56. The van der Waals surface area contributed by atoms with E-state index in [4.69, 9.17) is 4.98 Å². The van der Waals surface area contributed by atoms with Gasteiger partial charge in [0.25, 0.3) is 5.91 Å². The number of halogens is 1. The van der Waals surface area contributed by atoms with E-state index in [2.05, 4.69) is 10.8 Å². The molecule has 0 saturated carbocycles. The monoisotopic (exact) mass is 400 g/mol. The number of aryl methyl sites for hydroxylation is 1. The molecule has 1 fully saturated rings. The number of thioether (sulfide) groups is 1. The molecule has 3 aliphatic rings. The molecule has 0 N–H and O–H groups in total. The first-order chi connectivity index (χ1) is 13.2. The van der Waals surface area contributed by atoms with Crippen LogP contribution in [0.2, 0.25) is 0 Å². The standard InChI is InChI=1S/C21H21FN2OS2/c22-16-3-6-18-13(9-16)1-4-17-5-2-14(10-24(17)21(18)25)20-23-19(12-27-20)15-7-8-26-11-15/h3,6,9,11-12,14,17H,1-2,4-5,7-8,10H2/t14-,17+/m0/s1. The van der Waals surface area contributed by atoms with Crippen LogP contribution in [0, 0.1) is 5.82 Å². The molecule has 1 amide bonds. The van der Waals surface area contributed by atoms with E-state index in [1.54, 1.807) is 17.4 Å². The summed E-state index contributed by atoms with van der Waals surface area (Å²) in [6.07, 6.45) is 4.86. The number of piperidine rings is 1. The molecule has 0 aliphatic carbocycles. The van der Waals surface area contributed by atoms with E-state index in [0.29, 0.717) is 11.5 Å². The number of aromatic nitrogens is 1. The van der Waals surface area contributed by atoms with Crippen LogP contribution < -0.4 is 0 Å². The summed E-state index contributed by atoms with van der Waals surface area (Å²) in [4.78, 5) is 20.1. The SMILES string of the molecule is O=C1c2ccc(F)cc2CC[C@@H]2CC[C@H](c3nc(C4=CSCC4)cs3)CN12. The Labute approximate surface area is 166 Å². The number of carbonyl (C=O) groups is 1. The molecule has 6 heteroatoms. The number of amides is 1. The van der Waals surface area contributed by atoms with Crippen LogP contribution in [0.4, 0.5) is 4.39 Å². The molecule has 0 spiro atoms. The maximum atomic E-state index is 13.6. The Balaban J connectivity index is 1.39. The van der Waals surface area contributed by atoms with Crippen LogP contribution in [0.15, 0.2) is 29.0 Å². The second kappa shape index (κ2) is 7.06. The molecule has 5 rings (SSSR count). The average molecular weight is 401 g/mol. The van der Waals surface area contributed by atoms with Gasteiger partial charge in [-0.05, 0) is 66.8 Å². The van der Waals surface area contributed by atoms with Crippen LogP contribution in [0.3, 0.4) is 0 Å². The van der Waals surface area contributed by atoms with Gasteiger partial charge in [0.1, 0.15) is 5.82 Å². The number of fused-ring (bicyclic) bond motifs is 2. The quantitative estimate of drug-likeness (QED) is 0.704. The Hall–Kier alpha value is -1.66. The highest BCUT2D eigenvalue weighted by Crippen LogP contribution is 2.38. The average Bonchev–Trinajstić information content (AvgIpc) is 3.35. The maximum Gasteiger partial charge on any atom is 0.254 e. The third-order valence-electron chi connectivity index (χ3n) is 5.93. The van der Waals surface area contributed by atoms with E-state index >= 15 is 0 Å². The van der Waals surface area contributed by atoms with Crippen molar-refractivity contribution < 1.29 is 9.18 Å². The van der Waals surface area contributed by atoms with Crippen LogP contribution in [0.1, 0.15) is 58.2 Å². The molecule has 140 valence electrons. The number of hydrogen-bond acceptors (Lipinski definition) is 4. The Morgan fingerprint density at radius 2 is 2.11 bits per heavy atom. The lowest BCUT2D eigenvalue weighted by Crippen LogP contribution is -2.45. The Bertz CT molecular complexity index is 923. The van der Waals surface area contributed by atoms with E-state index in [0.717, 1.165) is 60.7 Å². The molecular weight excluding hydrogens is 379 g/mol. The summed E-state index contributed by atoms with van der Waals surface area (Å²) in [5.41, 5.74) is 3.99. The van der Waals surface area contributed by atoms with Gasteiger partial charge in [0.05, 0.1) is 10.7 Å². The third-order valence-corrected chi connectivity index (χ3v) is 7.82. The van der Waals surface area contributed by atoms with Crippen molar-refractivity contribution in [3.63, 3.8) is 0 Å². The number of thiazole rings is 1. The normalized spacial score (nSPS) is 25.0. The second-order valence-electron chi connectivity index (χ2n) is 7.56. The molecule has 1 aromatic carbocycles. The fraction of sp³-hybridized carbons (Fsp3) is 0.429. The fourth-order valence-corrected chi connectivity index (χ4v) is 6.30. The van der Waals surface area contributed by atoms with Gasteiger partial charge in [0.15, 0.2) is 0 Å². The smallest absolute Gasteiger partial charge is 0.254 e. The molecule has 1 aromatic heterocycles. The van der Waals surface area contributed by atoms with Crippen molar-refractivity contribution in [2.45, 2.75) is 44.1 Å². The highest BCUT2D eigenvalue weighted by molar-refractivity contribution is 8.02. The van der Waals surface area contributed by atoms with Crippen molar-refractivity contribution in [1.82, 2.24) is 9.88 Å². The molecule has 2 aromatic rings. The van der Waals surface area contributed by atoms with Crippen LogP contribution in [0.25, 0.3) is 5.57 Å². The fourth-order valence-electron chi connectivity index (χ4n) is 4.43. The van der Waals surface area contributed by atoms with Crippen LogP contribution >= 0.6 is 23.1 Å². The van der Waals surface area contributed by atoms with Gasteiger partial charge in [-0.3, -0.25) is 4.79 Å². The molecule has 3 nitrogen and oxygen atoms in total. The highest BCUT2D eigenvalue weighted by Gasteiger charge is 2.36. The summed E-state index contributed by atoms with van der Waals surface area (Å²) >= 11 is 3.58. The van der Waals surface area contributed by atoms with Crippen molar-refractivity contribution in [2.75, 3.05) is 12.3 Å². The first-order valence-corrected chi connectivity index (χ1v) is 11.5. The molecule has 27 heavy (non-hydrogen) atoms. The third kappa shape index (κ3) is 3.23. The van der Waals surface area contributed by atoms with Crippen LogP contribution in [-0.2, 0) is 6.42 Å². The van der Waals surface area contributed by atoms with Gasteiger partial charge < -0.3 is 4.90 Å². The van der Waals surface area contributed by atoms with Gasteiger partial charge in [-0.15, -0.1) is 23.1 Å². The summed E-state index contributed by atoms with van der Waals surface area (Å²) in [7, 11) is 0. The summed E-state index contributed by atoms with van der Waals surface area (Å²) in [6.45, 7) is 0.723. The topological polar surface area (TPSA) is 33.2 Å². The molecule has 0 bridgehead atoms. The molecule has 2 atom stereocenters. The summed E-state index contributed by atoms with van der Waals surface area (Å²) in [5.74, 6) is 1.26. The number of carbonyl (C=O) groups excluding carboxylic acids is 1. The number of benzene rings is 1. The first kappa shape index (κ1) is 17.4. The van der Waals surface area contributed by atoms with Gasteiger partial charge in [-0.2, -0.15) is 0 Å². The van der Waals surface area contributed by atoms with E-state index in [1.165, 1.54) is 17.7 Å². The maximum absolute atomic E-state index is 13.6. The molecule has 4 heterocycles. The van der Waals surface area contributed by atoms with Gasteiger partial charge in [-0.1, -0.05) is 0 Å². The number of rotatable bonds is 2. The lowest BCUT2D eigenvalue weighted by molar-refractivity contribution is 0.0588. The minimum atomic E-state index is -0.256. The highest BCUT2D eigenvalue weighted by atomic mass is 32.2. The Morgan fingerprint density at radius 3 is 2.96 bits per heavy atom. The minimum absolute atomic E-state index is 0.0591. The van der Waals surface area contributed by atoms with Gasteiger partial charge in [0, 0.05) is 35.2 Å². The molecule has 3 aliphatic heterocycles. The van der Waals surface area contributed by atoms with Crippen molar-refractivity contribution in [2.24, 2.45) is 0 Å². The summed E-state index contributed by atoms with van der Waals surface area (Å²) < 4.78 is 13.6. The van der Waals surface area contributed by atoms with Crippen molar-refractivity contribution >= 4 is 34.6 Å². The van der Waals surface area contributed by atoms with Gasteiger partial charge in [-0.25, -0.2) is 9.37 Å². The zero-order valence-electron chi connectivity index (χ0n) is 15.0. The lowest BCUT2D eigenvalue weighted by atomic mass is 9.91. The molecular formula is C21H21FN2OS2. The van der Waals surface area contributed by atoms with E-state index in [9.17, 15) is 9.18 Å². The van der Waals surface area contributed by atoms with Crippen molar-refractivity contribution in [3.8, 4) is 0 Å².